The quantitative estimate of drug-likeness (QED) is 0.434. The number of nitro groups is 1. The largest absolute Gasteiger partial charge is 0.507 e. The fourth-order valence-electron chi connectivity index (χ4n) is 1.55. The van der Waals surface area contributed by atoms with Crippen molar-refractivity contribution in [3.05, 3.63) is 39.7 Å². The number of aromatic hydroxyl groups is 2. The maximum absolute atomic E-state index is 10.7. The van der Waals surface area contributed by atoms with Crippen LogP contribution in [0.4, 0.5) is 11.6 Å². The first-order valence-electron chi connectivity index (χ1n) is 5.44. The summed E-state index contributed by atoms with van der Waals surface area (Å²) >= 11 is 0. The number of anilines is 1. The summed E-state index contributed by atoms with van der Waals surface area (Å²) in [6, 6.07) is 1.89. The van der Waals surface area contributed by atoms with Gasteiger partial charge >= 0.3 is 5.69 Å². The Morgan fingerprint density at radius 2 is 2.15 bits per heavy atom. The zero-order chi connectivity index (χ0) is 14.9. The molecule has 9 nitrogen and oxygen atoms in total. The SMILES string of the molecule is Cc1cn(N=Cc2cc([N+](=O)[O-])c(O)cc2O)c(N)n1. The number of hydrogen-bond acceptors (Lipinski definition) is 7. The Labute approximate surface area is 112 Å². The van der Waals surface area contributed by atoms with Gasteiger partial charge in [-0.15, -0.1) is 0 Å². The van der Waals surface area contributed by atoms with Gasteiger partial charge in [0.1, 0.15) is 5.75 Å². The molecule has 0 saturated carbocycles. The van der Waals surface area contributed by atoms with Crippen LogP contribution in [0.1, 0.15) is 11.3 Å². The lowest BCUT2D eigenvalue weighted by Gasteiger charge is -2.01. The van der Waals surface area contributed by atoms with Crippen molar-refractivity contribution in [1.29, 1.82) is 0 Å². The smallest absolute Gasteiger partial charge is 0.311 e. The van der Waals surface area contributed by atoms with Gasteiger partial charge in [0.25, 0.3) is 0 Å². The van der Waals surface area contributed by atoms with E-state index in [0.717, 1.165) is 12.1 Å². The summed E-state index contributed by atoms with van der Waals surface area (Å²) in [7, 11) is 0. The molecule has 104 valence electrons. The van der Waals surface area contributed by atoms with Gasteiger partial charge in [0.15, 0.2) is 5.75 Å². The summed E-state index contributed by atoms with van der Waals surface area (Å²) in [5.41, 5.74) is 5.77. The number of phenolic OH excluding ortho intramolecular Hbond substituents is 2. The maximum Gasteiger partial charge on any atom is 0.311 e. The predicted molar refractivity (Wildman–Crippen MR) is 70.8 cm³/mol. The van der Waals surface area contributed by atoms with E-state index < -0.39 is 16.4 Å². The standard InChI is InChI=1S/C11H11N5O4/c1-6-5-15(11(12)14-6)13-4-7-2-8(16(19)20)10(18)3-9(7)17/h2-5,17-18H,1H3,(H2,12,14). The molecule has 0 atom stereocenters. The Morgan fingerprint density at radius 3 is 2.70 bits per heavy atom. The summed E-state index contributed by atoms with van der Waals surface area (Å²) in [4.78, 5) is 13.9. The molecular formula is C11H11N5O4. The first-order valence-corrected chi connectivity index (χ1v) is 5.44. The van der Waals surface area contributed by atoms with Crippen molar-refractivity contribution in [2.75, 3.05) is 5.73 Å². The molecule has 0 unspecified atom stereocenters. The number of aryl methyl sites for hydroxylation is 1. The molecule has 0 bridgehead atoms. The number of rotatable bonds is 3. The fraction of sp³-hybridized carbons (Fsp3) is 0.0909. The third kappa shape index (κ3) is 2.51. The Balaban J connectivity index is 2.41. The third-order valence-electron chi connectivity index (χ3n) is 2.48. The van der Waals surface area contributed by atoms with Crippen molar-refractivity contribution in [2.45, 2.75) is 6.92 Å². The van der Waals surface area contributed by atoms with E-state index in [4.69, 9.17) is 5.73 Å². The van der Waals surface area contributed by atoms with E-state index in [1.807, 2.05) is 0 Å². The number of phenols is 2. The second kappa shape index (κ2) is 4.88. The molecule has 0 amide bonds. The first-order chi connectivity index (χ1) is 9.38. The predicted octanol–water partition coefficient (Wildman–Crippen LogP) is 0.975. The van der Waals surface area contributed by atoms with Gasteiger partial charge in [-0.1, -0.05) is 0 Å². The lowest BCUT2D eigenvalue weighted by atomic mass is 10.2. The molecule has 2 rings (SSSR count). The molecule has 0 saturated heterocycles. The number of benzene rings is 1. The van der Waals surface area contributed by atoms with Crippen LogP contribution >= 0.6 is 0 Å². The third-order valence-corrected chi connectivity index (χ3v) is 2.48. The highest BCUT2D eigenvalue weighted by Crippen LogP contribution is 2.32. The minimum absolute atomic E-state index is 0.0697. The van der Waals surface area contributed by atoms with Crippen molar-refractivity contribution in [2.24, 2.45) is 5.10 Å². The summed E-state index contributed by atoms with van der Waals surface area (Å²) in [5.74, 6) is -0.818. The molecular weight excluding hydrogens is 266 g/mol. The number of nitrogens with two attached hydrogens (primary N) is 1. The van der Waals surface area contributed by atoms with E-state index in [0.29, 0.717) is 5.69 Å². The van der Waals surface area contributed by atoms with E-state index in [-0.39, 0.29) is 17.3 Å². The second-order valence-corrected chi connectivity index (χ2v) is 3.99. The molecule has 0 aliphatic rings. The average molecular weight is 277 g/mol. The zero-order valence-electron chi connectivity index (χ0n) is 10.4. The van der Waals surface area contributed by atoms with Gasteiger partial charge in [-0.3, -0.25) is 10.1 Å². The monoisotopic (exact) mass is 277 g/mol. The molecule has 9 heteroatoms. The van der Waals surface area contributed by atoms with E-state index in [1.54, 1.807) is 13.1 Å². The fourth-order valence-corrected chi connectivity index (χ4v) is 1.55. The summed E-state index contributed by atoms with van der Waals surface area (Å²) < 4.78 is 1.26. The van der Waals surface area contributed by atoms with Gasteiger partial charge in [0.05, 0.1) is 23.0 Å². The topological polar surface area (TPSA) is 140 Å². The molecule has 0 fully saturated rings. The highest BCUT2D eigenvalue weighted by Gasteiger charge is 2.16. The van der Waals surface area contributed by atoms with Crippen molar-refractivity contribution in [1.82, 2.24) is 9.66 Å². The van der Waals surface area contributed by atoms with Crippen LogP contribution in [0.25, 0.3) is 0 Å². The highest BCUT2D eigenvalue weighted by atomic mass is 16.6. The van der Waals surface area contributed by atoms with Crippen molar-refractivity contribution >= 4 is 17.9 Å². The lowest BCUT2D eigenvalue weighted by Crippen LogP contribution is -1.97. The normalized spacial score (nSPS) is 11.1. The lowest BCUT2D eigenvalue weighted by molar-refractivity contribution is -0.385. The first kappa shape index (κ1) is 13.3. The summed E-state index contributed by atoms with van der Waals surface area (Å²) in [5, 5.41) is 33.6. The van der Waals surface area contributed by atoms with E-state index in [1.165, 1.54) is 10.9 Å². The van der Waals surface area contributed by atoms with Crippen molar-refractivity contribution in [3.8, 4) is 11.5 Å². The van der Waals surface area contributed by atoms with Gasteiger partial charge < -0.3 is 15.9 Å². The number of imidazole rings is 1. The van der Waals surface area contributed by atoms with Gasteiger partial charge in [0, 0.05) is 17.7 Å². The highest BCUT2D eigenvalue weighted by molar-refractivity contribution is 5.85. The Hall–Kier alpha value is -3.10. The number of nitrogen functional groups attached to an aromatic ring is 1. The molecule has 20 heavy (non-hydrogen) atoms. The zero-order valence-corrected chi connectivity index (χ0v) is 10.4. The van der Waals surface area contributed by atoms with E-state index in [2.05, 4.69) is 10.1 Å². The van der Waals surface area contributed by atoms with Crippen LogP contribution < -0.4 is 5.73 Å². The minimum Gasteiger partial charge on any atom is -0.507 e. The summed E-state index contributed by atoms with van der Waals surface area (Å²) in [6.45, 7) is 1.73. The molecule has 4 N–H and O–H groups in total. The average Bonchev–Trinajstić information content (AvgIpc) is 2.66. The van der Waals surface area contributed by atoms with Crippen LogP contribution in [-0.2, 0) is 0 Å². The van der Waals surface area contributed by atoms with Crippen LogP contribution in [0.5, 0.6) is 11.5 Å². The molecule has 1 aromatic heterocycles. The van der Waals surface area contributed by atoms with Crippen molar-refractivity contribution < 1.29 is 15.1 Å². The molecule has 1 heterocycles. The molecule has 0 radical (unpaired) electrons. The second-order valence-electron chi connectivity index (χ2n) is 3.99. The van der Waals surface area contributed by atoms with Gasteiger partial charge in [0.2, 0.25) is 5.95 Å². The summed E-state index contributed by atoms with van der Waals surface area (Å²) in [6.07, 6.45) is 2.73. The van der Waals surface area contributed by atoms with Crippen molar-refractivity contribution in [3.63, 3.8) is 0 Å². The number of aromatic nitrogens is 2. The van der Waals surface area contributed by atoms with Crippen LogP contribution in [0, 0.1) is 17.0 Å². The van der Waals surface area contributed by atoms with Crippen LogP contribution in [0.15, 0.2) is 23.4 Å². The van der Waals surface area contributed by atoms with E-state index in [9.17, 15) is 20.3 Å². The maximum atomic E-state index is 10.7. The molecule has 0 aliphatic carbocycles. The Kier molecular flexibility index (Phi) is 3.25. The minimum atomic E-state index is -0.762. The van der Waals surface area contributed by atoms with Gasteiger partial charge in [-0.25, -0.2) is 9.66 Å². The van der Waals surface area contributed by atoms with Gasteiger partial charge in [-0.05, 0) is 6.92 Å². The number of nitro benzene ring substituents is 1. The van der Waals surface area contributed by atoms with E-state index >= 15 is 0 Å². The van der Waals surface area contributed by atoms with Crippen LogP contribution in [0.3, 0.4) is 0 Å². The number of nitrogens with zero attached hydrogens (tertiary/aromatic N) is 4. The van der Waals surface area contributed by atoms with Crippen LogP contribution in [0.2, 0.25) is 0 Å². The van der Waals surface area contributed by atoms with Crippen LogP contribution in [-0.4, -0.2) is 31.0 Å². The Bertz CT molecular complexity index is 707. The number of hydrogen-bond donors (Lipinski definition) is 3. The molecule has 2 aromatic rings. The molecule has 0 spiro atoms. The Morgan fingerprint density at radius 1 is 1.45 bits per heavy atom. The molecule has 0 aliphatic heterocycles. The van der Waals surface area contributed by atoms with Gasteiger partial charge in [-0.2, -0.15) is 5.10 Å². The molecule has 1 aromatic carbocycles.